The summed E-state index contributed by atoms with van der Waals surface area (Å²) < 4.78 is 32.6. The summed E-state index contributed by atoms with van der Waals surface area (Å²) >= 11 is 0. The molecular formula is C49H65N3O9. The molecule has 1 aromatic heterocycles. The van der Waals surface area contributed by atoms with Crippen molar-refractivity contribution in [2.45, 2.75) is 103 Å². The molecule has 3 aromatic rings. The lowest BCUT2D eigenvalue weighted by Crippen LogP contribution is -2.70. The van der Waals surface area contributed by atoms with E-state index in [1.807, 2.05) is 81.4 Å². The third-order valence-corrected chi connectivity index (χ3v) is 11.9. The number of hydrogen-bond acceptors (Lipinski definition) is 11. The van der Waals surface area contributed by atoms with Gasteiger partial charge in [0.15, 0.2) is 0 Å². The van der Waals surface area contributed by atoms with E-state index in [-0.39, 0.29) is 50.8 Å². The molecule has 0 radical (unpaired) electrons. The summed E-state index contributed by atoms with van der Waals surface area (Å²) in [6, 6.07) is 21.1. The van der Waals surface area contributed by atoms with Crippen molar-refractivity contribution in [2.75, 3.05) is 46.2 Å². The van der Waals surface area contributed by atoms with Crippen molar-refractivity contribution >= 4 is 11.8 Å². The minimum Gasteiger partial charge on any atom is -0.487 e. The molecule has 0 spiro atoms. The summed E-state index contributed by atoms with van der Waals surface area (Å²) in [5, 5.41) is 24.6. The Balaban J connectivity index is 1.44. The molecule has 1 amide bonds. The number of oxime groups is 1. The molecule has 1 saturated carbocycles. The van der Waals surface area contributed by atoms with Gasteiger partial charge < -0.3 is 38.7 Å². The third-order valence-electron chi connectivity index (χ3n) is 11.9. The highest BCUT2D eigenvalue weighted by Crippen LogP contribution is 2.62. The van der Waals surface area contributed by atoms with Gasteiger partial charge >= 0.3 is 6.09 Å². The van der Waals surface area contributed by atoms with E-state index in [4.69, 9.17) is 33.7 Å². The van der Waals surface area contributed by atoms with Crippen molar-refractivity contribution in [1.82, 2.24) is 9.88 Å². The molecule has 0 unspecified atom stereocenters. The fraction of sp³-hybridized carbons (Fsp3) is 0.531. The lowest BCUT2D eigenvalue weighted by Gasteiger charge is -2.59. The van der Waals surface area contributed by atoms with Crippen LogP contribution in [0.25, 0.3) is 0 Å². The van der Waals surface area contributed by atoms with Crippen LogP contribution in [0.5, 0.6) is 11.5 Å². The summed E-state index contributed by atoms with van der Waals surface area (Å²) in [6.07, 6.45) is 9.24. The first kappa shape index (κ1) is 45.8. The Bertz CT molecular complexity index is 1920. The number of nitrogens with zero attached hydrogens (tertiary/aromatic N) is 3. The SMILES string of the molecule is C=CCO[C@@]12Oc3ccc(OCc4cccc(C)n4)cc3[C@H]3[C@H](CCCCO)[C@@H](CCCCO)C=C(C(=NOCC)C[C@@H]1N(CCC)C(=O)OCCOCc1ccccc1)[C@H]32. The molecule has 1 fully saturated rings. The van der Waals surface area contributed by atoms with Crippen LogP contribution in [-0.4, -0.2) is 89.9 Å². The van der Waals surface area contributed by atoms with E-state index in [1.54, 1.807) is 11.0 Å². The van der Waals surface area contributed by atoms with Gasteiger partial charge in [-0.25, -0.2) is 4.79 Å². The highest BCUT2D eigenvalue weighted by atomic mass is 16.7. The van der Waals surface area contributed by atoms with Gasteiger partial charge in [0, 0.05) is 43.4 Å². The first-order chi connectivity index (χ1) is 29.9. The normalized spacial score (nSPS) is 23.3. The maximum absolute atomic E-state index is 14.4. The molecule has 6 atom stereocenters. The summed E-state index contributed by atoms with van der Waals surface area (Å²) in [4.78, 5) is 26.7. The van der Waals surface area contributed by atoms with Gasteiger partial charge in [0.25, 0.3) is 0 Å². The predicted molar refractivity (Wildman–Crippen MR) is 234 cm³/mol. The van der Waals surface area contributed by atoms with Crippen molar-refractivity contribution in [3.05, 3.63) is 114 Å². The van der Waals surface area contributed by atoms with E-state index >= 15 is 0 Å². The van der Waals surface area contributed by atoms with E-state index < -0.39 is 23.8 Å². The Kier molecular flexibility index (Phi) is 17.2. The molecule has 6 rings (SSSR count). The molecule has 3 aliphatic rings. The summed E-state index contributed by atoms with van der Waals surface area (Å²) in [7, 11) is 0. The van der Waals surface area contributed by atoms with Crippen molar-refractivity contribution in [3.8, 4) is 11.5 Å². The average molecular weight is 840 g/mol. The number of rotatable bonds is 24. The van der Waals surface area contributed by atoms with Crippen LogP contribution in [0.2, 0.25) is 0 Å². The van der Waals surface area contributed by atoms with Gasteiger partial charge in [-0.2, -0.15) is 0 Å². The number of carbonyl (C=O) groups excluding carboxylic acids is 1. The number of ether oxygens (including phenoxy) is 5. The predicted octanol–water partition coefficient (Wildman–Crippen LogP) is 8.69. The second kappa shape index (κ2) is 22.9. The molecule has 2 N–H and O–H groups in total. The molecule has 12 heteroatoms. The number of carbonyl (C=O) groups is 1. The Labute approximate surface area is 361 Å². The summed E-state index contributed by atoms with van der Waals surface area (Å²) in [5.74, 6) is -0.436. The smallest absolute Gasteiger partial charge is 0.410 e. The van der Waals surface area contributed by atoms with Gasteiger partial charge in [-0.1, -0.05) is 73.5 Å². The minimum absolute atomic E-state index is 0.0726. The number of hydrogen-bond donors (Lipinski definition) is 2. The fourth-order valence-corrected chi connectivity index (χ4v) is 9.37. The van der Waals surface area contributed by atoms with Crippen molar-refractivity contribution < 1.29 is 43.5 Å². The number of amides is 1. The topological polar surface area (TPSA) is 141 Å². The monoisotopic (exact) mass is 839 g/mol. The number of benzene rings is 2. The van der Waals surface area contributed by atoms with E-state index in [2.05, 4.69) is 23.7 Å². The number of aromatic nitrogens is 1. The number of allylic oxidation sites excluding steroid dienone is 1. The molecule has 330 valence electrons. The van der Waals surface area contributed by atoms with Crippen LogP contribution in [0.1, 0.15) is 93.6 Å². The summed E-state index contributed by atoms with van der Waals surface area (Å²) in [5.41, 5.74) is 5.50. The standard InChI is InChI=1S/C49H65N3O9/c1-5-24-52(48(55)57-29-28-56-33-36-17-9-8-10-18-36)45-32-43(51-60-7-3)41-30-37(19-11-13-25-53)40(21-12-14-26-54)46-42-31-39(58-34-38-20-15-16-35(4)50-38)22-23-44(42)61-49(45,47(41)46)59-27-6-2/h6,8-10,15-18,20,22-23,30-31,37,40,45-47,53-54H,2,5,7,11-14,19,21,24-29,32-34H2,1,3-4H3/t37-,40+,45-,46+,47+,49+/m0/s1. The zero-order valence-electron chi connectivity index (χ0n) is 36.2. The molecule has 12 nitrogen and oxygen atoms in total. The molecule has 0 saturated heterocycles. The highest BCUT2D eigenvalue weighted by molar-refractivity contribution is 6.03. The first-order valence-electron chi connectivity index (χ1n) is 22.2. The van der Waals surface area contributed by atoms with E-state index in [0.29, 0.717) is 63.5 Å². The number of unbranched alkanes of at least 4 members (excludes halogenated alkanes) is 2. The van der Waals surface area contributed by atoms with Gasteiger partial charge in [0.2, 0.25) is 5.79 Å². The first-order valence-corrected chi connectivity index (χ1v) is 22.2. The maximum Gasteiger partial charge on any atom is 0.410 e. The lowest BCUT2D eigenvalue weighted by molar-refractivity contribution is -0.255. The van der Waals surface area contributed by atoms with Gasteiger partial charge in [-0.05, 0) is 99.3 Å². The molecular weight excluding hydrogens is 775 g/mol. The molecule has 2 aliphatic carbocycles. The Morgan fingerprint density at radius 3 is 2.54 bits per heavy atom. The van der Waals surface area contributed by atoms with Crippen LogP contribution in [0.3, 0.4) is 0 Å². The Morgan fingerprint density at radius 2 is 1.80 bits per heavy atom. The fourth-order valence-electron chi connectivity index (χ4n) is 9.37. The zero-order valence-corrected chi connectivity index (χ0v) is 36.2. The molecule has 2 heterocycles. The minimum atomic E-state index is -1.37. The van der Waals surface area contributed by atoms with Gasteiger partial charge in [0.1, 0.15) is 37.4 Å². The van der Waals surface area contributed by atoms with Gasteiger partial charge in [-0.3, -0.25) is 9.88 Å². The van der Waals surface area contributed by atoms with E-state index in [0.717, 1.165) is 59.5 Å². The molecule has 0 bridgehead atoms. The number of aliphatic hydroxyl groups excluding tert-OH is 2. The molecule has 2 aromatic carbocycles. The van der Waals surface area contributed by atoms with Crippen LogP contribution >= 0.6 is 0 Å². The number of aryl methyl sites for hydroxylation is 1. The number of aliphatic hydroxyl groups is 2. The second-order valence-electron chi connectivity index (χ2n) is 16.1. The van der Waals surface area contributed by atoms with Crippen LogP contribution in [-0.2, 0) is 32.3 Å². The Morgan fingerprint density at radius 1 is 1.00 bits per heavy atom. The quantitative estimate of drug-likeness (QED) is 0.0512. The maximum atomic E-state index is 14.4. The zero-order chi connectivity index (χ0) is 43.0. The molecule has 61 heavy (non-hydrogen) atoms. The van der Waals surface area contributed by atoms with Crippen LogP contribution < -0.4 is 9.47 Å². The second-order valence-corrected chi connectivity index (χ2v) is 16.1. The molecule has 1 aliphatic heterocycles. The van der Waals surface area contributed by atoms with Crippen molar-refractivity contribution in [2.24, 2.45) is 22.9 Å². The Hall–Kier alpha value is -4.75. The number of fused-ring (bicyclic) bond motifs is 2. The third kappa shape index (κ3) is 11.2. The van der Waals surface area contributed by atoms with Crippen LogP contribution in [0.15, 0.2) is 96.2 Å². The lowest BCUT2D eigenvalue weighted by atomic mass is 9.55. The summed E-state index contributed by atoms with van der Waals surface area (Å²) in [6.45, 7) is 12.1. The van der Waals surface area contributed by atoms with Crippen LogP contribution in [0.4, 0.5) is 4.79 Å². The van der Waals surface area contributed by atoms with E-state index in [9.17, 15) is 15.0 Å². The van der Waals surface area contributed by atoms with Crippen LogP contribution in [0, 0.1) is 24.7 Å². The van der Waals surface area contributed by atoms with Crippen molar-refractivity contribution in [3.63, 3.8) is 0 Å². The largest absolute Gasteiger partial charge is 0.487 e. The van der Waals surface area contributed by atoms with Crippen molar-refractivity contribution in [1.29, 1.82) is 0 Å². The number of pyridine rings is 1. The van der Waals surface area contributed by atoms with Gasteiger partial charge in [-0.15, -0.1) is 6.58 Å². The average Bonchev–Trinajstić information content (AvgIpc) is 3.27. The highest BCUT2D eigenvalue weighted by Gasteiger charge is 2.65. The van der Waals surface area contributed by atoms with E-state index in [1.165, 1.54) is 0 Å². The van der Waals surface area contributed by atoms with Gasteiger partial charge in [0.05, 0.1) is 37.1 Å².